The minimum atomic E-state index is -0.285. The lowest BCUT2D eigenvalue weighted by molar-refractivity contribution is 0.195. The quantitative estimate of drug-likeness (QED) is 0.422. The van der Waals surface area contributed by atoms with Gasteiger partial charge in [0.05, 0.1) is 12.1 Å². The van der Waals surface area contributed by atoms with Crippen molar-refractivity contribution >= 4 is 28.2 Å². The number of methoxy groups -OCH3 is 1. The van der Waals surface area contributed by atoms with Crippen molar-refractivity contribution in [2.24, 2.45) is 0 Å². The van der Waals surface area contributed by atoms with E-state index in [0.29, 0.717) is 36.9 Å². The van der Waals surface area contributed by atoms with E-state index in [1.807, 2.05) is 36.1 Å². The summed E-state index contributed by atoms with van der Waals surface area (Å²) in [6.45, 7) is 4.07. The average molecular weight is 428 g/mol. The van der Waals surface area contributed by atoms with E-state index in [4.69, 9.17) is 17.0 Å². The van der Waals surface area contributed by atoms with E-state index in [-0.39, 0.29) is 11.4 Å². The number of nitrogens with zero attached hydrogens (tertiary/aromatic N) is 1. The van der Waals surface area contributed by atoms with Crippen molar-refractivity contribution in [3.63, 3.8) is 0 Å². The number of aromatic nitrogens is 1. The molecule has 0 atom stereocenters. The minimum absolute atomic E-state index is 0.136. The molecule has 2 aromatic carbocycles. The number of fused-ring (bicyclic) bond motifs is 1. The fourth-order valence-electron chi connectivity index (χ4n) is 3.28. The van der Waals surface area contributed by atoms with E-state index >= 15 is 0 Å². The van der Waals surface area contributed by atoms with Crippen molar-refractivity contribution in [2.75, 3.05) is 20.3 Å². The molecular weight excluding hydrogens is 401 g/mol. The van der Waals surface area contributed by atoms with Gasteiger partial charge >= 0.3 is 0 Å². The minimum Gasteiger partial charge on any atom is -0.385 e. The fraction of sp³-hybridized carbons (Fsp3) is 0.304. The summed E-state index contributed by atoms with van der Waals surface area (Å²) in [6.07, 6.45) is 0.816. The lowest BCUT2D eigenvalue weighted by Crippen LogP contribution is -2.40. The van der Waals surface area contributed by atoms with Gasteiger partial charge in [0.1, 0.15) is 5.82 Å². The Hall–Kier alpha value is -2.77. The molecule has 0 saturated heterocycles. The molecule has 0 amide bonds. The highest BCUT2D eigenvalue weighted by atomic mass is 32.1. The number of rotatable bonds is 8. The number of H-pyrrole nitrogens is 1. The van der Waals surface area contributed by atoms with Gasteiger partial charge in [-0.25, -0.2) is 4.39 Å². The number of hydrogen-bond acceptors (Lipinski definition) is 3. The van der Waals surface area contributed by atoms with E-state index in [1.54, 1.807) is 19.2 Å². The first-order valence-corrected chi connectivity index (χ1v) is 10.3. The average Bonchev–Trinajstić information content (AvgIpc) is 2.73. The maximum atomic E-state index is 13.3. The number of para-hydroxylation sites is 1. The smallest absolute Gasteiger partial charge is 0.253 e. The summed E-state index contributed by atoms with van der Waals surface area (Å²) in [7, 11) is 1.66. The second kappa shape index (κ2) is 10.3. The van der Waals surface area contributed by atoms with Gasteiger partial charge < -0.3 is 19.9 Å². The molecule has 1 heterocycles. The Morgan fingerprint density at radius 2 is 1.97 bits per heavy atom. The first-order valence-electron chi connectivity index (χ1n) is 9.85. The molecule has 1 aromatic heterocycles. The number of aromatic amines is 1. The molecule has 0 aliphatic carbocycles. The number of thiocarbonyl (C=S) groups is 1. The topological polar surface area (TPSA) is 57.4 Å². The maximum Gasteiger partial charge on any atom is 0.253 e. The van der Waals surface area contributed by atoms with Crippen molar-refractivity contribution in [3.05, 3.63) is 81.4 Å². The van der Waals surface area contributed by atoms with Crippen molar-refractivity contribution in [2.45, 2.75) is 26.4 Å². The lowest BCUT2D eigenvalue weighted by Gasteiger charge is -2.26. The van der Waals surface area contributed by atoms with Crippen LogP contribution in [-0.4, -0.2) is 35.3 Å². The van der Waals surface area contributed by atoms with Crippen molar-refractivity contribution in [1.82, 2.24) is 15.2 Å². The molecule has 0 aliphatic heterocycles. The maximum absolute atomic E-state index is 13.3. The predicted octanol–water partition coefficient (Wildman–Crippen LogP) is 3.89. The van der Waals surface area contributed by atoms with E-state index in [1.165, 1.54) is 12.1 Å². The van der Waals surface area contributed by atoms with Gasteiger partial charge in [-0.2, -0.15) is 0 Å². The highest BCUT2D eigenvalue weighted by molar-refractivity contribution is 7.80. The van der Waals surface area contributed by atoms with Crippen molar-refractivity contribution in [3.8, 4) is 0 Å². The Balaban J connectivity index is 1.84. The summed E-state index contributed by atoms with van der Waals surface area (Å²) < 4.78 is 18.4. The number of ether oxygens (including phenoxy) is 1. The van der Waals surface area contributed by atoms with Crippen LogP contribution in [0.2, 0.25) is 0 Å². The Morgan fingerprint density at radius 3 is 2.70 bits per heavy atom. The third-order valence-electron chi connectivity index (χ3n) is 4.90. The van der Waals surface area contributed by atoms with Crippen molar-refractivity contribution < 1.29 is 9.13 Å². The summed E-state index contributed by atoms with van der Waals surface area (Å²) in [6, 6.07) is 14.1. The summed E-state index contributed by atoms with van der Waals surface area (Å²) in [5, 5.41) is 4.74. The van der Waals surface area contributed by atoms with Crippen LogP contribution in [0, 0.1) is 12.7 Å². The largest absolute Gasteiger partial charge is 0.385 e. The van der Waals surface area contributed by atoms with Crippen LogP contribution >= 0.6 is 12.2 Å². The fourth-order valence-corrected chi connectivity index (χ4v) is 3.52. The molecule has 0 saturated carbocycles. The van der Waals surface area contributed by atoms with Crippen LogP contribution in [0.25, 0.3) is 10.9 Å². The van der Waals surface area contributed by atoms with E-state index in [2.05, 4.69) is 10.3 Å². The van der Waals surface area contributed by atoms with Crippen LogP contribution in [-0.2, 0) is 17.8 Å². The zero-order valence-corrected chi connectivity index (χ0v) is 18.0. The molecule has 0 bridgehead atoms. The zero-order chi connectivity index (χ0) is 21.5. The Morgan fingerprint density at radius 1 is 1.20 bits per heavy atom. The molecular formula is C23H26FN3O2S. The lowest BCUT2D eigenvalue weighted by atomic mass is 10.1. The number of benzene rings is 2. The highest BCUT2D eigenvalue weighted by Crippen LogP contribution is 2.17. The first kappa shape index (κ1) is 21.9. The van der Waals surface area contributed by atoms with Gasteiger partial charge in [-0.3, -0.25) is 4.79 Å². The Bertz CT molecular complexity index is 1070. The molecule has 30 heavy (non-hydrogen) atoms. The van der Waals surface area contributed by atoms with Gasteiger partial charge in [0.15, 0.2) is 5.11 Å². The monoisotopic (exact) mass is 427 g/mol. The Kier molecular flexibility index (Phi) is 7.54. The third-order valence-corrected chi connectivity index (χ3v) is 5.30. The summed E-state index contributed by atoms with van der Waals surface area (Å²) >= 11 is 5.60. The second-order valence-electron chi connectivity index (χ2n) is 7.22. The van der Waals surface area contributed by atoms with Crippen molar-refractivity contribution in [1.29, 1.82) is 0 Å². The number of pyridine rings is 1. The van der Waals surface area contributed by atoms with Crippen LogP contribution in [0.15, 0.2) is 53.3 Å². The molecule has 2 N–H and O–H groups in total. The number of aryl methyl sites for hydroxylation is 1. The normalized spacial score (nSPS) is 10.9. The SMILES string of the molecule is COCCCNC(=S)N(Cc1ccc(F)cc1)Cc1cc2cccc(C)c2[nH]c1=O. The van der Waals surface area contributed by atoms with Gasteiger partial charge in [-0.05, 0) is 60.3 Å². The van der Waals surface area contributed by atoms with Crippen LogP contribution in [0.3, 0.4) is 0 Å². The van der Waals surface area contributed by atoms with Crippen LogP contribution in [0.5, 0.6) is 0 Å². The van der Waals surface area contributed by atoms with Gasteiger partial charge in [0.2, 0.25) is 0 Å². The van der Waals surface area contributed by atoms with Gasteiger partial charge in [-0.15, -0.1) is 0 Å². The predicted molar refractivity (Wildman–Crippen MR) is 122 cm³/mol. The van der Waals surface area contributed by atoms with Gasteiger partial charge in [0.25, 0.3) is 5.56 Å². The van der Waals surface area contributed by atoms with Crippen LogP contribution in [0.1, 0.15) is 23.1 Å². The van der Waals surface area contributed by atoms with Crippen LogP contribution < -0.4 is 10.9 Å². The second-order valence-corrected chi connectivity index (χ2v) is 7.61. The molecule has 0 unspecified atom stereocenters. The third kappa shape index (κ3) is 5.64. The number of halogens is 1. The number of hydrogen-bond donors (Lipinski definition) is 2. The van der Waals surface area contributed by atoms with Crippen LogP contribution in [0.4, 0.5) is 4.39 Å². The van der Waals surface area contributed by atoms with E-state index in [0.717, 1.165) is 28.5 Å². The van der Waals surface area contributed by atoms with E-state index in [9.17, 15) is 9.18 Å². The molecule has 7 heteroatoms. The molecule has 0 radical (unpaired) electrons. The molecule has 158 valence electrons. The zero-order valence-electron chi connectivity index (χ0n) is 17.2. The van der Waals surface area contributed by atoms with Gasteiger partial charge in [-0.1, -0.05) is 30.3 Å². The summed E-state index contributed by atoms with van der Waals surface area (Å²) in [5.41, 5.74) is 3.26. The number of nitrogens with one attached hydrogen (secondary N) is 2. The summed E-state index contributed by atoms with van der Waals surface area (Å²) in [5.74, 6) is -0.285. The molecule has 3 rings (SSSR count). The standard InChI is InChI=1S/C23H26FN3O2S/c1-16-5-3-6-18-13-19(22(28)26-21(16)18)15-27(23(30)25-11-4-12-29-2)14-17-7-9-20(24)10-8-17/h3,5-10,13H,4,11-12,14-15H2,1-2H3,(H,25,30)(H,26,28). The first-order chi connectivity index (χ1) is 14.5. The van der Waals surface area contributed by atoms with E-state index < -0.39 is 0 Å². The molecule has 0 fully saturated rings. The Labute approximate surface area is 180 Å². The molecule has 0 aliphatic rings. The molecule has 0 spiro atoms. The molecule has 5 nitrogen and oxygen atoms in total. The summed E-state index contributed by atoms with van der Waals surface area (Å²) in [4.78, 5) is 17.6. The molecule has 3 aromatic rings. The highest BCUT2D eigenvalue weighted by Gasteiger charge is 2.14. The van der Waals surface area contributed by atoms with Gasteiger partial charge in [0, 0.05) is 32.4 Å².